The summed E-state index contributed by atoms with van der Waals surface area (Å²) in [6.45, 7) is -5.34. The van der Waals surface area contributed by atoms with Gasteiger partial charge in [-0.05, 0) is 12.1 Å². The van der Waals surface area contributed by atoms with Gasteiger partial charge in [0.1, 0.15) is 0 Å². The molecule has 0 saturated carbocycles. The molecule has 76 valence electrons. The van der Waals surface area contributed by atoms with E-state index in [0.29, 0.717) is 12.1 Å². The van der Waals surface area contributed by atoms with Crippen LogP contribution >= 0.6 is 0 Å². The van der Waals surface area contributed by atoms with Gasteiger partial charge in [0, 0.05) is 0 Å². The average Bonchev–Trinajstić information content (AvgIpc) is 2.02. The fourth-order valence-electron chi connectivity index (χ4n) is 0.873. The van der Waals surface area contributed by atoms with E-state index in [4.69, 9.17) is 0 Å². The van der Waals surface area contributed by atoms with Crippen molar-refractivity contribution in [2.75, 3.05) is 0 Å². The van der Waals surface area contributed by atoms with E-state index in [1.165, 1.54) is 0 Å². The number of nitro groups is 1. The summed E-state index contributed by atoms with van der Waals surface area (Å²) in [5.41, 5.74) is -2.35. The van der Waals surface area contributed by atoms with Crippen molar-refractivity contribution in [2.24, 2.45) is 0 Å². The minimum absolute atomic E-state index is 0.190. The lowest BCUT2D eigenvalue weighted by Crippen LogP contribution is -2.34. The van der Waals surface area contributed by atoms with Crippen LogP contribution in [0.5, 0.6) is 0 Å². The van der Waals surface area contributed by atoms with Gasteiger partial charge in [0.15, 0.2) is 5.82 Å². The number of benzene rings is 1. The van der Waals surface area contributed by atoms with E-state index in [1.54, 1.807) is 0 Å². The monoisotopic (exact) mass is 208 g/mol. The van der Waals surface area contributed by atoms with Crippen molar-refractivity contribution in [1.82, 2.24) is 0 Å². The summed E-state index contributed by atoms with van der Waals surface area (Å²) in [6, 6.07) is 1.10. The molecule has 8 heteroatoms. The number of nitro benzene ring substituents is 1. The smallest absolute Gasteiger partial charge is 0.445 e. The Kier molecular flexibility index (Phi) is 2.46. The van der Waals surface area contributed by atoms with Crippen molar-refractivity contribution in [3.63, 3.8) is 0 Å². The molecule has 3 nitrogen and oxygen atoms in total. The molecule has 0 heterocycles. The van der Waals surface area contributed by atoms with Gasteiger partial charge in [0.05, 0.1) is 4.92 Å². The highest BCUT2D eigenvalue weighted by Crippen LogP contribution is 2.18. The van der Waals surface area contributed by atoms with Crippen LogP contribution in [0.2, 0.25) is 0 Å². The van der Waals surface area contributed by atoms with E-state index in [-0.39, 0.29) is 6.07 Å². The summed E-state index contributed by atoms with van der Waals surface area (Å²) < 4.78 is 48.8. The molecule has 0 spiro atoms. The third-order valence-electron chi connectivity index (χ3n) is 1.54. The average molecular weight is 208 g/mol. The van der Waals surface area contributed by atoms with Crippen molar-refractivity contribution in [3.05, 3.63) is 34.1 Å². The Hall–Kier alpha value is -1.60. The summed E-state index contributed by atoms with van der Waals surface area (Å²) in [4.78, 5) is 8.91. The molecule has 0 radical (unpaired) electrons. The molecule has 1 rings (SSSR count). The molecule has 0 bridgehead atoms. The van der Waals surface area contributed by atoms with Crippen LogP contribution in [0.15, 0.2) is 18.2 Å². The predicted octanol–water partition coefficient (Wildman–Crippen LogP) is 1.79. The van der Waals surface area contributed by atoms with Gasteiger partial charge in [-0.2, -0.15) is 4.39 Å². The van der Waals surface area contributed by atoms with E-state index in [2.05, 4.69) is 0 Å². The first-order chi connectivity index (χ1) is 6.32. The van der Waals surface area contributed by atoms with Crippen molar-refractivity contribution >= 4 is 18.1 Å². The molecular weight excluding hydrogens is 205 g/mol. The third kappa shape index (κ3) is 2.01. The number of halogens is 4. The summed E-state index contributed by atoms with van der Waals surface area (Å²) in [5.74, 6) is -1.28. The summed E-state index contributed by atoms with van der Waals surface area (Å²) >= 11 is 0. The van der Waals surface area contributed by atoms with Gasteiger partial charge in [-0.15, -0.1) is 5.46 Å². The van der Waals surface area contributed by atoms with Gasteiger partial charge in [-0.25, -0.2) is 0 Å². The van der Waals surface area contributed by atoms with Gasteiger partial charge in [0.2, 0.25) is 0 Å². The summed E-state index contributed by atoms with van der Waals surface area (Å²) in [6.07, 6.45) is 0. The van der Waals surface area contributed by atoms with Crippen LogP contribution in [0.4, 0.5) is 23.0 Å². The van der Waals surface area contributed by atoms with Crippen molar-refractivity contribution < 1.29 is 22.3 Å². The molecule has 0 amide bonds. The van der Waals surface area contributed by atoms with E-state index in [9.17, 15) is 27.5 Å². The van der Waals surface area contributed by atoms with Crippen molar-refractivity contribution in [3.8, 4) is 0 Å². The van der Waals surface area contributed by atoms with Gasteiger partial charge in [0.25, 0.3) is 0 Å². The van der Waals surface area contributed by atoms with Crippen LogP contribution in [0.25, 0.3) is 0 Å². The van der Waals surface area contributed by atoms with Gasteiger partial charge >= 0.3 is 12.7 Å². The highest BCUT2D eigenvalue weighted by atomic mass is 19.4. The second kappa shape index (κ2) is 3.28. The third-order valence-corrected chi connectivity index (χ3v) is 1.54. The molecule has 0 N–H and O–H groups in total. The first-order valence-corrected chi connectivity index (χ1v) is 3.46. The normalized spacial score (nSPS) is 11.4. The fraction of sp³-hybridized carbons (Fsp3) is 0. The van der Waals surface area contributed by atoms with Gasteiger partial charge in [-0.3, -0.25) is 10.1 Å². The van der Waals surface area contributed by atoms with Gasteiger partial charge in [-0.1, -0.05) is 6.07 Å². The first-order valence-electron chi connectivity index (χ1n) is 3.46. The molecule has 0 aliphatic carbocycles. The molecule has 0 unspecified atom stereocenters. The zero-order valence-electron chi connectivity index (χ0n) is 6.58. The fourth-order valence-corrected chi connectivity index (χ4v) is 0.873. The number of hydrogen-bond acceptors (Lipinski definition) is 2. The number of rotatable bonds is 2. The summed E-state index contributed by atoms with van der Waals surface area (Å²) in [7, 11) is 0. The highest BCUT2D eigenvalue weighted by molar-refractivity contribution is 6.73. The Bertz CT molecular complexity index is 379. The van der Waals surface area contributed by atoms with Crippen LogP contribution in [-0.2, 0) is 0 Å². The lowest BCUT2D eigenvalue weighted by atomic mass is 9.80. The maximum atomic E-state index is 12.6. The van der Waals surface area contributed by atoms with E-state index >= 15 is 0 Å². The lowest BCUT2D eigenvalue weighted by Gasteiger charge is -2.13. The zero-order chi connectivity index (χ0) is 10.9. The molecule has 0 aromatic heterocycles. The van der Waals surface area contributed by atoms with Crippen LogP contribution < -0.4 is 5.46 Å². The predicted molar refractivity (Wildman–Crippen MR) is 41.8 cm³/mol. The van der Waals surface area contributed by atoms with E-state index in [1.807, 2.05) is 0 Å². The molecule has 14 heavy (non-hydrogen) atoms. The molecule has 0 saturated heterocycles. The van der Waals surface area contributed by atoms with Crippen LogP contribution in [0.3, 0.4) is 0 Å². The largest absolute Gasteiger partial charge is 0.509 e. The Balaban J connectivity index is 3.27. The Morgan fingerprint density at radius 1 is 1.29 bits per heavy atom. The summed E-state index contributed by atoms with van der Waals surface area (Å²) in [5, 5.41) is 10.1. The molecule has 1 aromatic carbocycles. The highest BCUT2D eigenvalue weighted by Gasteiger charge is 2.28. The quantitative estimate of drug-likeness (QED) is 0.321. The van der Waals surface area contributed by atoms with E-state index < -0.39 is 28.9 Å². The Morgan fingerprint density at radius 2 is 1.86 bits per heavy atom. The van der Waals surface area contributed by atoms with Crippen LogP contribution in [0, 0.1) is 15.9 Å². The first kappa shape index (κ1) is 10.5. The molecule has 0 aliphatic rings. The molecule has 0 fully saturated rings. The zero-order valence-corrected chi connectivity index (χ0v) is 6.58. The van der Waals surface area contributed by atoms with Gasteiger partial charge < -0.3 is 12.9 Å². The topological polar surface area (TPSA) is 43.1 Å². The van der Waals surface area contributed by atoms with Crippen molar-refractivity contribution in [2.45, 2.75) is 0 Å². The van der Waals surface area contributed by atoms with Crippen LogP contribution in [-0.4, -0.2) is 11.9 Å². The lowest BCUT2D eigenvalue weighted by molar-refractivity contribution is -0.387. The molecular formula is C6H3BF4NO2-. The second-order valence-electron chi connectivity index (χ2n) is 2.54. The number of nitrogens with zero attached hydrogens (tertiary/aromatic N) is 1. The maximum absolute atomic E-state index is 12.6. The molecule has 1 aromatic rings. The second-order valence-corrected chi connectivity index (χ2v) is 2.54. The SMILES string of the molecule is O=[N+]([O-])c1cc([B-](F)(F)F)ccc1F. The van der Waals surface area contributed by atoms with E-state index in [0.717, 1.165) is 0 Å². The molecule has 0 atom stereocenters. The minimum atomic E-state index is -5.34. The Morgan fingerprint density at radius 3 is 2.29 bits per heavy atom. The van der Waals surface area contributed by atoms with Crippen molar-refractivity contribution in [1.29, 1.82) is 0 Å². The molecule has 0 aliphatic heterocycles. The number of hydrogen-bond donors (Lipinski definition) is 0. The van der Waals surface area contributed by atoms with Crippen LogP contribution in [0.1, 0.15) is 0 Å². The Labute approximate surface area is 75.6 Å². The minimum Gasteiger partial charge on any atom is -0.445 e. The standard InChI is InChI=1S/C6H3BF4NO2/c8-5-2-1-4(7(9,10)11)3-6(5)12(13)14/h1-3H/q-1. The maximum Gasteiger partial charge on any atom is 0.509 e.